The van der Waals surface area contributed by atoms with Gasteiger partial charge < -0.3 is 10.7 Å². The summed E-state index contributed by atoms with van der Waals surface area (Å²) in [6.45, 7) is 1.43. The van der Waals surface area contributed by atoms with Crippen molar-refractivity contribution in [3.63, 3.8) is 0 Å². The fourth-order valence-corrected chi connectivity index (χ4v) is 2.40. The van der Waals surface area contributed by atoms with Gasteiger partial charge in [-0.1, -0.05) is 12.1 Å². The molecule has 0 spiro atoms. The molecule has 7 nitrogen and oxygen atoms in total. The maximum absolute atomic E-state index is 13.2. The van der Waals surface area contributed by atoms with E-state index in [1.807, 2.05) is 0 Å². The fraction of sp³-hybridized carbons (Fsp3) is 0.143. The summed E-state index contributed by atoms with van der Waals surface area (Å²) in [6, 6.07) is 4.56. The molecule has 24 heavy (non-hydrogen) atoms. The Kier molecular flexibility index (Phi) is 3.39. The number of para-hydroxylation sites is 1. The number of imidazole rings is 1. The number of halogens is 3. The molecular formula is C14H10F3N5O2. The fourth-order valence-electron chi connectivity index (χ4n) is 2.40. The van der Waals surface area contributed by atoms with E-state index in [0.29, 0.717) is 0 Å². The lowest BCUT2D eigenvalue weighted by molar-refractivity contribution is -0.137. The largest absolute Gasteiger partial charge is 0.418 e. The van der Waals surface area contributed by atoms with Gasteiger partial charge in [-0.25, -0.2) is 19.3 Å². The SMILES string of the molecule is Cc1nc(C(N)=O)c2[nH]c(=O)n(-c3ccccc3C(F)(F)F)c2n1. The molecule has 0 saturated heterocycles. The highest BCUT2D eigenvalue weighted by atomic mass is 19.4. The average molecular weight is 337 g/mol. The Bertz CT molecular complexity index is 1020. The molecule has 0 aliphatic heterocycles. The van der Waals surface area contributed by atoms with Crippen LogP contribution in [0.1, 0.15) is 21.9 Å². The summed E-state index contributed by atoms with van der Waals surface area (Å²) < 4.78 is 40.4. The quantitative estimate of drug-likeness (QED) is 0.739. The van der Waals surface area contributed by atoms with Crippen LogP contribution in [0.25, 0.3) is 16.9 Å². The van der Waals surface area contributed by atoms with E-state index < -0.39 is 29.0 Å². The van der Waals surface area contributed by atoms with Crippen LogP contribution in [0.4, 0.5) is 13.2 Å². The number of primary amides is 1. The van der Waals surface area contributed by atoms with Crippen LogP contribution in [0, 0.1) is 6.92 Å². The van der Waals surface area contributed by atoms with Gasteiger partial charge in [0, 0.05) is 0 Å². The second kappa shape index (κ2) is 5.18. The van der Waals surface area contributed by atoms with Crippen molar-refractivity contribution in [2.45, 2.75) is 13.1 Å². The van der Waals surface area contributed by atoms with Crippen LogP contribution in [0.15, 0.2) is 29.1 Å². The summed E-state index contributed by atoms with van der Waals surface area (Å²) in [5.74, 6) is -0.837. The topological polar surface area (TPSA) is 107 Å². The number of hydrogen-bond acceptors (Lipinski definition) is 4. The maximum Gasteiger partial charge on any atom is 0.418 e. The molecule has 0 radical (unpaired) electrons. The predicted molar refractivity (Wildman–Crippen MR) is 77.7 cm³/mol. The van der Waals surface area contributed by atoms with Crippen LogP contribution in [-0.2, 0) is 6.18 Å². The van der Waals surface area contributed by atoms with Gasteiger partial charge in [-0.3, -0.25) is 4.79 Å². The van der Waals surface area contributed by atoms with E-state index in [1.54, 1.807) is 0 Å². The van der Waals surface area contributed by atoms with E-state index in [2.05, 4.69) is 15.0 Å². The molecule has 1 aromatic carbocycles. The summed E-state index contributed by atoms with van der Waals surface area (Å²) in [6.07, 6.45) is -4.67. The second-order valence-corrected chi connectivity index (χ2v) is 4.96. The summed E-state index contributed by atoms with van der Waals surface area (Å²) in [7, 11) is 0. The van der Waals surface area contributed by atoms with Gasteiger partial charge in [0.2, 0.25) is 0 Å². The minimum Gasteiger partial charge on any atom is -0.364 e. The number of aromatic nitrogens is 4. The van der Waals surface area contributed by atoms with Gasteiger partial charge in [0.05, 0.1) is 11.3 Å². The third kappa shape index (κ3) is 2.41. The number of carbonyl (C=O) groups is 1. The smallest absolute Gasteiger partial charge is 0.364 e. The van der Waals surface area contributed by atoms with Gasteiger partial charge in [-0.05, 0) is 19.1 Å². The first-order valence-corrected chi connectivity index (χ1v) is 6.66. The highest BCUT2D eigenvalue weighted by molar-refractivity contribution is 6.01. The molecule has 1 amide bonds. The summed E-state index contributed by atoms with van der Waals surface area (Å²) in [4.78, 5) is 33.8. The van der Waals surface area contributed by atoms with Crippen molar-refractivity contribution < 1.29 is 18.0 Å². The first-order chi connectivity index (χ1) is 11.2. The zero-order valence-corrected chi connectivity index (χ0v) is 12.2. The number of nitrogens with one attached hydrogen (secondary N) is 1. The molecule has 124 valence electrons. The number of aromatic amines is 1. The number of rotatable bonds is 2. The summed E-state index contributed by atoms with van der Waals surface area (Å²) in [5, 5.41) is 0. The third-order valence-corrected chi connectivity index (χ3v) is 3.33. The molecule has 3 N–H and O–H groups in total. The van der Waals surface area contributed by atoms with Crippen LogP contribution in [0.2, 0.25) is 0 Å². The van der Waals surface area contributed by atoms with Gasteiger partial charge in [-0.15, -0.1) is 0 Å². The summed E-state index contributed by atoms with van der Waals surface area (Å²) >= 11 is 0. The normalized spacial score (nSPS) is 11.8. The molecule has 0 bridgehead atoms. The van der Waals surface area contributed by atoms with Gasteiger partial charge in [0.1, 0.15) is 11.3 Å². The number of H-pyrrole nitrogens is 1. The van der Waals surface area contributed by atoms with Gasteiger partial charge in [-0.2, -0.15) is 13.2 Å². The highest BCUT2D eigenvalue weighted by Gasteiger charge is 2.34. The Balaban J connectivity index is 2.44. The van der Waals surface area contributed by atoms with Crippen LogP contribution in [-0.4, -0.2) is 25.4 Å². The number of alkyl halides is 3. The number of aryl methyl sites for hydroxylation is 1. The Hall–Kier alpha value is -3.17. The summed E-state index contributed by atoms with van der Waals surface area (Å²) in [5.41, 5.74) is 2.37. The van der Waals surface area contributed by atoms with E-state index in [0.717, 1.165) is 16.7 Å². The Morgan fingerprint density at radius 1 is 1.25 bits per heavy atom. The lowest BCUT2D eigenvalue weighted by Crippen LogP contribution is -2.19. The molecule has 0 aliphatic carbocycles. The molecule has 2 aromatic heterocycles. The Morgan fingerprint density at radius 2 is 1.92 bits per heavy atom. The monoisotopic (exact) mass is 337 g/mol. The van der Waals surface area contributed by atoms with Crippen LogP contribution < -0.4 is 11.4 Å². The molecule has 3 rings (SSSR count). The zero-order valence-electron chi connectivity index (χ0n) is 12.2. The van der Waals surface area contributed by atoms with Crippen molar-refractivity contribution in [2.24, 2.45) is 5.73 Å². The van der Waals surface area contributed by atoms with E-state index in [1.165, 1.54) is 19.1 Å². The minimum atomic E-state index is -4.67. The molecule has 0 aliphatic rings. The van der Waals surface area contributed by atoms with Crippen LogP contribution in [0.5, 0.6) is 0 Å². The third-order valence-electron chi connectivity index (χ3n) is 3.33. The second-order valence-electron chi connectivity index (χ2n) is 4.96. The number of amides is 1. The number of fused-ring (bicyclic) bond motifs is 1. The average Bonchev–Trinajstić information content (AvgIpc) is 2.81. The van der Waals surface area contributed by atoms with Crippen molar-refractivity contribution in [3.8, 4) is 5.69 Å². The Labute approximate surface area is 132 Å². The van der Waals surface area contributed by atoms with E-state index in [9.17, 15) is 22.8 Å². The van der Waals surface area contributed by atoms with Crippen molar-refractivity contribution >= 4 is 17.1 Å². The number of hydrogen-bond donors (Lipinski definition) is 2. The van der Waals surface area contributed by atoms with E-state index in [-0.39, 0.29) is 22.7 Å². The van der Waals surface area contributed by atoms with Crippen molar-refractivity contribution in [3.05, 3.63) is 51.8 Å². The predicted octanol–water partition coefficient (Wildman–Crippen LogP) is 1.53. The molecule has 3 aromatic rings. The molecular weight excluding hydrogens is 327 g/mol. The lowest BCUT2D eigenvalue weighted by atomic mass is 10.1. The first kappa shape index (κ1) is 15.7. The molecule has 10 heteroatoms. The lowest BCUT2D eigenvalue weighted by Gasteiger charge is -2.13. The maximum atomic E-state index is 13.2. The van der Waals surface area contributed by atoms with Gasteiger partial charge in [0.25, 0.3) is 5.91 Å². The van der Waals surface area contributed by atoms with E-state index in [4.69, 9.17) is 5.73 Å². The van der Waals surface area contributed by atoms with Crippen molar-refractivity contribution in [1.29, 1.82) is 0 Å². The number of nitrogens with two attached hydrogens (primary N) is 1. The van der Waals surface area contributed by atoms with Crippen molar-refractivity contribution in [2.75, 3.05) is 0 Å². The minimum absolute atomic E-state index is 0.0912. The van der Waals surface area contributed by atoms with Gasteiger partial charge in [0.15, 0.2) is 11.3 Å². The molecule has 0 atom stereocenters. The van der Waals surface area contributed by atoms with Crippen LogP contribution in [0.3, 0.4) is 0 Å². The first-order valence-electron chi connectivity index (χ1n) is 6.66. The highest BCUT2D eigenvalue weighted by Crippen LogP contribution is 2.34. The standard InChI is InChI=1S/C14H10F3N5O2/c1-6-19-9(11(18)23)10-12(20-6)22(13(24)21-10)8-5-3-2-4-7(8)14(15,16)17/h2-5H,1H3,(H2,18,23)(H,21,24). The van der Waals surface area contributed by atoms with Crippen molar-refractivity contribution in [1.82, 2.24) is 19.5 Å². The Morgan fingerprint density at radius 3 is 2.54 bits per heavy atom. The number of benzene rings is 1. The molecule has 0 unspecified atom stereocenters. The molecule has 0 saturated carbocycles. The molecule has 2 heterocycles. The zero-order chi connectivity index (χ0) is 17.6. The van der Waals surface area contributed by atoms with E-state index >= 15 is 0 Å². The number of carbonyl (C=O) groups excluding carboxylic acids is 1. The van der Waals surface area contributed by atoms with Crippen LogP contribution >= 0.6 is 0 Å². The van der Waals surface area contributed by atoms with Gasteiger partial charge >= 0.3 is 11.9 Å². The number of nitrogens with zero attached hydrogens (tertiary/aromatic N) is 3. The molecule has 0 fully saturated rings.